The molecule has 2 fully saturated rings. The summed E-state index contributed by atoms with van der Waals surface area (Å²) in [6.07, 6.45) is 5.08. The lowest BCUT2D eigenvalue weighted by molar-refractivity contribution is 0.0951. The maximum absolute atomic E-state index is 12.0. The number of nitrogens with one attached hydrogen (secondary N) is 1. The van der Waals surface area contributed by atoms with Gasteiger partial charge in [-0.25, -0.2) is 5.43 Å². The molecule has 3 rings (SSSR count). The summed E-state index contributed by atoms with van der Waals surface area (Å²) in [6, 6.07) is 3.88. The van der Waals surface area contributed by atoms with Crippen molar-refractivity contribution in [3.8, 4) is 11.5 Å². The smallest absolute Gasteiger partial charge is 0.275 e. The summed E-state index contributed by atoms with van der Waals surface area (Å²) < 4.78 is 0. The normalized spacial score (nSPS) is 27.9. The van der Waals surface area contributed by atoms with Gasteiger partial charge in [-0.05, 0) is 50.2 Å². The average molecular weight is 288 g/mol. The minimum absolute atomic E-state index is 0.0780. The largest absolute Gasteiger partial charge is 0.508 e. The Bertz CT molecular complexity index is 597. The molecule has 0 spiro atoms. The van der Waals surface area contributed by atoms with Crippen molar-refractivity contribution in [3.63, 3.8) is 0 Å². The van der Waals surface area contributed by atoms with Crippen molar-refractivity contribution in [2.75, 3.05) is 0 Å². The average Bonchev–Trinajstić information content (AvgIpc) is 3.07. The van der Waals surface area contributed by atoms with Crippen LogP contribution in [0, 0.1) is 17.8 Å². The third-order valence-corrected chi connectivity index (χ3v) is 4.83. The predicted molar refractivity (Wildman–Crippen MR) is 79.3 cm³/mol. The third kappa shape index (κ3) is 2.73. The van der Waals surface area contributed by atoms with Gasteiger partial charge in [0.2, 0.25) is 0 Å². The number of amides is 1. The van der Waals surface area contributed by atoms with E-state index >= 15 is 0 Å². The Morgan fingerprint density at radius 2 is 2.10 bits per heavy atom. The van der Waals surface area contributed by atoms with Crippen LogP contribution in [0.15, 0.2) is 23.3 Å². The fraction of sp³-hybridized carbons (Fsp3) is 0.500. The molecular formula is C16H20N2O3. The molecule has 3 N–H and O–H groups in total. The van der Waals surface area contributed by atoms with E-state index in [-0.39, 0.29) is 17.1 Å². The van der Waals surface area contributed by atoms with Crippen LogP contribution in [-0.4, -0.2) is 21.8 Å². The van der Waals surface area contributed by atoms with Gasteiger partial charge in [0.15, 0.2) is 0 Å². The molecule has 0 saturated heterocycles. The zero-order valence-corrected chi connectivity index (χ0v) is 12.0. The summed E-state index contributed by atoms with van der Waals surface area (Å²) in [5.74, 6) is 1.25. The molecule has 2 aliphatic carbocycles. The molecule has 0 heterocycles. The Morgan fingerprint density at radius 3 is 2.71 bits per heavy atom. The van der Waals surface area contributed by atoms with E-state index in [1.54, 1.807) is 0 Å². The minimum Gasteiger partial charge on any atom is -0.508 e. The van der Waals surface area contributed by atoms with E-state index < -0.39 is 5.91 Å². The van der Waals surface area contributed by atoms with Crippen LogP contribution in [0.5, 0.6) is 11.5 Å². The highest BCUT2D eigenvalue weighted by molar-refractivity contribution is 5.98. The number of carbonyl (C=O) groups is 1. The van der Waals surface area contributed by atoms with Gasteiger partial charge in [-0.1, -0.05) is 6.42 Å². The third-order valence-electron chi connectivity index (χ3n) is 4.83. The second-order valence-corrected chi connectivity index (χ2v) is 6.18. The van der Waals surface area contributed by atoms with Crippen molar-refractivity contribution >= 4 is 11.6 Å². The quantitative estimate of drug-likeness (QED) is 0.590. The second-order valence-electron chi connectivity index (χ2n) is 6.18. The topological polar surface area (TPSA) is 81.9 Å². The maximum Gasteiger partial charge on any atom is 0.275 e. The van der Waals surface area contributed by atoms with Gasteiger partial charge in [0.25, 0.3) is 5.91 Å². The zero-order valence-electron chi connectivity index (χ0n) is 12.0. The summed E-state index contributed by atoms with van der Waals surface area (Å²) in [6.45, 7) is 1.96. The molecule has 3 atom stereocenters. The van der Waals surface area contributed by atoms with Crippen molar-refractivity contribution in [3.05, 3.63) is 23.8 Å². The maximum atomic E-state index is 12.0. The number of hydrogen-bond acceptors (Lipinski definition) is 4. The highest BCUT2D eigenvalue weighted by Gasteiger charge is 2.40. The Morgan fingerprint density at radius 1 is 1.29 bits per heavy atom. The first-order valence-electron chi connectivity index (χ1n) is 7.41. The number of fused-ring (bicyclic) bond motifs is 2. The van der Waals surface area contributed by atoms with Crippen LogP contribution in [0.25, 0.3) is 0 Å². The molecule has 0 aromatic heterocycles. The number of nitrogens with zero attached hydrogens (tertiary/aromatic N) is 1. The molecule has 2 aliphatic rings. The Kier molecular flexibility index (Phi) is 3.57. The van der Waals surface area contributed by atoms with E-state index in [1.165, 1.54) is 37.8 Å². The van der Waals surface area contributed by atoms with Gasteiger partial charge < -0.3 is 10.2 Å². The van der Waals surface area contributed by atoms with Gasteiger partial charge in [-0.15, -0.1) is 0 Å². The first kappa shape index (κ1) is 13.9. The molecule has 2 bridgehead atoms. The molecular weight excluding hydrogens is 268 g/mol. The van der Waals surface area contributed by atoms with E-state index in [1.807, 2.05) is 6.92 Å². The van der Waals surface area contributed by atoms with Gasteiger partial charge in [0, 0.05) is 17.7 Å². The highest BCUT2D eigenvalue weighted by atomic mass is 16.3. The van der Waals surface area contributed by atoms with Crippen LogP contribution < -0.4 is 5.43 Å². The SMILES string of the molecule is CC(=NNC(=O)c1ccc(O)cc1O)C1CC2CCC1C2. The van der Waals surface area contributed by atoms with Gasteiger partial charge in [0.1, 0.15) is 11.5 Å². The number of phenols is 2. The lowest BCUT2D eigenvalue weighted by Crippen LogP contribution is -2.24. The van der Waals surface area contributed by atoms with Crippen LogP contribution in [-0.2, 0) is 0 Å². The number of carbonyl (C=O) groups excluding carboxylic acids is 1. The van der Waals surface area contributed by atoms with Crippen molar-refractivity contribution < 1.29 is 15.0 Å². The molecule has 0 aliphatic heterocycles. The molecule has 3 unspecified atom stereocenters. The summed E-state index contributed by atoms with van der Waals surface area (Å²) in [5.41, 5.74) is 3.58. The van der Waals surface area contributed by atoms with Crippen LogP contribution in [0.3, 0.4) is 0 Å². The fourth-order valence-electron chi connectivity index (χ4n) is 3.75. The molecule has 1 amide bonds. The monoisotopic (exact) mass is 288 g/mol. The lowest BCUT2D eigenvalue weighted by atomic mass is 9.86. The van der Waals surface area contributed by atoms with Gasteiger partial charge >= 0.3 is 0 Å². The molecule has 5 nitrogen and oxygen atoms in total. The fourth-order valence-corrected chi connectivity index (χ4v) is 3.75. The highest BCUT2D eigenvalue weighted by Crippen LogP contribution is 2.48. The summed E-state index contributed by atoms with van der Waals surface area (Å²) in [4.78, 5) is 12.0. The lowest BCUT2D eigenvalue weighted by Gasteiger charge is -2.21. The number of phenolic OH excluding ortho intramolecular Hbond substituents is 2. The predicted octanol–water partition coefficient (Wildman–Crippen LogP) is 2.64. The zero-order chi connectivity index (χ0) is 15.0. The molecule has 0 radical (unpaired) electrons. The number of hydrogen-bond donors (Lipinski definition) is 3. The van der Waals surface area contributed by atoms with E-state index in [4.69, 9.17) is 0 Å². The number of rotatable bonds is 3. The first-order chi connectivity index (χ1) is 10.0. The second kappa shape index (κ2) is 5.39. The van der Waals surface area contributed by atoms with Crippen LogP contribution in [0.4, 0.5) is 0 Å². The Hall–Kier alpha value is -2.04. The molecule has 1 aromatic carbocycles. The molecule has 5 heteroatoms. The van der Waals surface area contributed by atoms with Crippen molar-refractivity contribution in [1.82, 2.24) is 5.43 Å². The summed E-state index contributed by atoms with van der Waals surface area (Å²) in [5, 5.41) is 23.1. The van der Waals surface area contributed by atoms with E-state index in [2.05, 4.69) is 10.5 Å². The van der Waals surface area contributed by atoms with Crippen molar-refractivity contribution in [2.24, 2.45) is 22.9 Å². The van der Waals surface area contributed by atoms with E-state index in [9.17, 15) is 15.0 Å². The molecule has 2 saturated carbocycles. The van der Waals surface area contributed by atoms with Gasteiger partial charge in [0.05, 0.1) is 5.56 Å². The summed E-state index contributed by atoms with van der Waals surface area (Å²) in [7, 11) is 0. The van der Waals surface area contributed by atoms with Crippen LogP contribution >= 0.6 is 0 Å². The Labute approximate surface area is 123 Å². The Balaban J connectivity index is 1.66. The van der Waals surface area contributed by atoms with Crippen LogP contribution in [0.1, 0.15) is 43.0 Å². The number of aromatic hydroxyl groups is 2. The summed E-state index contributed by atoms with van der Waals surface area (Å²) >= 11 is 0. The first-order valence-corrected chi connectivity index (χ1v) is 7.41. The van der Waals surface area contributed by atoms with Gasteiger partial charge in [-0.2, -0.15) is 5.10 Å². The van der Waals surface area contributed by atoms with Gasteiger partial charge in [-0.3, -0.25) is 4.79 Å². The standard InChI is InChI=1S/C16H20N2O3/c1-9(14-7-10-2-3-11(14)6-10)17-18-16(21)13-5-4-12(19)8-15(13)20/h4-5,8,10-11,14,19-20H,2-3,6-7H2,1H3,(H,18,21). The molecule has 21 heavy (non-hydrogen) atoms. The van der Waals surface area contributed by atoms with E-state index in [0.29, 0.717) is 5.92 Å². The van der Waals surface area contributed by atoms with E-state index in [0.717, 1.165) is 23.6 Å². The minimum atomic E-state index is -0.463. The molecule has 1 aromatic rings. The van der Waals surface area contributed by atoms with Crippen LogP contribution in [0.2, 0.25) is 0 Å². The number of benzene rings is 1. The van der Waals surface area contributed by atoms with Crippen molar-refractivity contribution in [2.45, 2.75) is 32.6 Å². The molecule has 112 valence electrons. The van der Waals surface area contributed by atoms with Crippen molar-refractivity contribution in [1.29, 1.82) is 0 Å². The number of hydrazone groups is 1.